The summed E-state index contributed by atoms with van der Waals surface area (Å²) in [5.74, 6) is 0.382. The average molecular weight is 330 g/mol. The monoisotopic (exact) mass is 330 g/mol. The first-order valence-corrected chi connectivity index (χ1v) is 8.03. The summed E-state index contributed by atoms with van der Waals surface area (Å²) in [7, 11) is 0. The van der Waals surface area contributed by atoms with Crippen LogP contribution in [0.4, 0.5) is 10.3 Å². The topological polar surface area (TPSA) is 76.1 Å². The quantitative estimate of drug-likeness (QED) is 0.911. The molecule has 126 valence electrons. The Morgan fingerprint density at radius 3 is 2.96 bits per heavy atom. The smallest absolute Gasteiger partial charge is 0.225 e. The van der Waals surface area contributed by atoms with Crippen LogP contribution in [0.5, 0.6) is 0 Å². The Labute approximate surface area is 139 Å². The van der Waals surface area contributed by atoms with Gasteiger partial charge in [0, 0.05) is 31.4 Å². The molecule has 8 heteroatoms. The fourth-order valence-electron chi connectivity index (χ4n) is 3.45. The van der Waals surface area contributed by atoms with Gasteiger partial charge in [-0.05, 0) is 5.92 Å². The Bertz CT molecular complexity index is 743. The Morgan fingerprint density at radius 2 is 2.21 bits per heavy atom. The molecule has 2 atom stereocenters. The summed E-state index contributed by atoms with van der Waals surface area (Å²) in [5.41, 5.74) is 3.96. The van der Waals surface area contributed by atoms with E-state index in [9.17, 15) is 4.39 Å². The molecule has 2 fully saturated rings. The van der Waals surface area contributed by atoms with Crippen molar-refractivity contribution in [2.75, 3.05) is 24.6 Å². The highest BCUT2D eigenvalue weighted by molar-refractivity contribution is 5.39. The molecule has 0 amide bonds. The molecule has 0 aromatic carbocycles. The summed E-state index contributed by atoms with van der Waals surface area (Å²) in [5, 5.41) is 0. The molecule has 0 radical (unpaired) electrons. The first kappa shape index (κ1) is 15.3. The van der Waals surface area contributed by atoms with Crippen molar-refractivity contribution in [3.05, 3.63) is 42.0 Å². The number of hydroxylamine groups is 1. The molecule has 1 N–H and O–H groups in total. The van der Waals surface area contributed by atoms with Gasteiger partial charge in [0.1, 0.15) is 5.54 Å². The van der Waals surface area contributed by atoms with Gasteiger partial charge < -0.3 is 9.74 Å². The summed E-state index contributed by atoms with van der Waals surface area (Å²) in [6, 6.07) is 0. The summed E-state index contributed by atoms with van der Waals surface area (Å²) in [6.07, 6.45) is 6.33. The number of fused-ring (bicyclic) bond motifs is 1. The lowest BCUT2D eigenvalue weighted by molar-refractivity contribution is 0.0604. The number of hydrogen-bond donors (Lipinski definition) is 1. The van der Waals surface area contributed by atoms with Crippen molar-refractivity contribution in [2.45, 2.75) is 25.3 Å². The van der Waals surface area contributed by atoms with Gasteiger partial charge in [-0.25, -0.2) is 14.4 Å². The van der Waals surface area contributed by atoms with Gasteiger partial charge in [0.15, 0.2) is 5.82 Å². The van der Waals surface area contributed by atoms with Gasteiger partial charge in [-0.2, -0.15) is 5.48 Å². The lowest BCUT2D eigenvalue weighted by Gasteiger charge is -2.26. The Kier molecular flexibility index (Phi) is 3.65. The van der Waals surface area contributed by atoms with E-state index in [-0.39, 0.29) is 17.7 Å². The Hall–Kier alpha value is -2.19. The van der Waals surface area contributed by atoms with Gasteiger partial charge in [0.2, 0.25) is 5.95 Å². The van der Waals surface area contributed by atoms with Gasteiger partial charge in [-0.15, -0.1) is 0 Å². The minimum absolute atomic E-state index is 0.00395. The Balaban J connectivity index is 1.68. The maximum absolute atomic E-state index is 13.9. The SMILES string of the molecule is CC(C)c1nc(N2CC3CONC3(c3cnccn3)C2)ncc1F. The van der Waals surface area contributed by atoms with E-state index in [2.05, 4.69) is 30.3 Å². The van der Waals surface area contributed by atoms with E-state index in [1.165, 1.54) is 6.20 Å². The number of rotatable bonds is 3. The van der Waals surface area contributed by atoms with Gasteiger partial charge in [0.05, 0.1) is 30.4 Å². The normalized spacial score (nSPS) is 26.2. The van der Waals surface area contributed by atoms with Crippen molar-refractivity contribution < 1.29 is 9.23 Å². The highest BCUT2D eigenvalue weighted by Crippen LogP contribution is 2.40. The molecular formula is C16H19FN6O. The number of halogens is 1. The van der Waals surface area contributed by atoms with Crippen LogP contribution in [0.15, 0.2) is 24.8 Å². The third-order valence-electron chi connectivity index (χ3n) is 4.73. The Morgan fingerprint density at radius 1 is 1.33 bits per heavy atom. The first-order valence-electron chi connectivity index (χ1n) is 8.03. The zero-order valence-electron chi connectivity index (χ0n) is 13.6. The highest BCUT2D eigenvalue weighted by Gasteiger charge is 2.54. The van der Waals surface area contributed by atoms with E-state index in [0.717, 1.165) is 5.69 Å². The summed E-state index contributed by atoms with van der Waals surface area (Å²) in [6.45, 7) is 5.73. The number of anilines is 1. The predicted molar refractivity (Wildman–Crippen MR) is 84.6 cm³/mol. The number of nitrogens with zero attached hydrogens (tertiary/aromatic N) is 5. The molecule has 0 aliphatic carbocycles. The van der Waals surface area contributed by atoms with Crippen molar-refractivity contribution in [3.8, 4) is 0 Å². The number of nitrogens with one attached hydrogen (secondary N) is 1. The van der Waals surface area contributed by atoms with E-state index >= 15 is 0 Å². The van der Waals surface area contributed by atoms with E-state index in [4.69, 9.17) is 4.84 Å². The van der Waals surface area contributed by atoms with Crippen LogP contribution in [-0.2, 0) is 10.4 Å². The number of hydrogen-bond acceptors (Lipinski definition) is 7. The largest absolute Gasteiger partial charge is 0.338 e. The minimum Gasteiger partial charge on any atom is -0.338 e. The molecule has 0 spiro atoms. The van der Waals surface area contributed by atoms with Crippen LogP contribution in [-0.4, -0.2) is 39.6 Å². The fraction of sp³-hybridized carbons (Fsp3) is 0.500. The summed E-state index contributed by atoms with van der Waals surface area (Å²) in [4.78, 5) is 24.8. The average Bonchev–Trinajstić information content (AvgIpc) is 3.14. The molecule has 2 aromatic heterocycles. The lowest BCUT2D eigenvalue weighted by Crippen LogP contribution is -2.44. The van der Waals surface area contributed by atoms with Crippen LogP contribution in [0.1, 0.15) is 31.2 Å². The molecule has 0 bridgehead atoms. The molecule has 24 heavy (non-hydrogen) atoms. The zero-order chi connectivity index (χ0) is 16.7. The van der Waals surface area contributed by atoms with Gasteiger partial charge in [-0.3, -0.25) is 9.97 Å². The van der Waals surface area contributed by atoms with Crippen LogP contribution in [0.25, 0.3) is 0 Å². The zero-order valence-corrected chi connectivity index (χ0v) is 13.6. The van der Waals surface area contributed by atoms with Crippen molar-refractivity contribution >= 4 is 5.95 Å². The molecule has 0 saturated carbocycles. The third-order valence-corrected chi connectivity index (χ3v) is 4.73. The summed E-state index contributed by atoms with van der Waals surface area (Å²) >= 11 is 0. The van der Waals surface area contributed by atoms with Crippen LogP contribution >= 0.6 is 0 Å². The predicted octanol–water partition coefficient (Wildman–Crippen LogP) is 1.40. The highest BCUT2D eigenvalue weighted by atomic mass is 19.1. The van der Waals surface area contributed by atoms with Crippen molar-refractivity contribution in [1.82, 2.24) is 25.4 Å². The molecule has 2 saturated heterocycles. The second kappa shape index (κ2) is 5.71. The van der Waals surface area contributed by atoms with E-state index in [1.54, 1.807) is 18.6 Å². The van der Waals surface area contributed by atoms with E-state index < -0.39 is 5.54 Å². The maximum atomic E-state index is 13.9. The van der Waals surface area contributed by atoms with Crippen LogP contribution in [0, 0.1) is 11.7 Å². The molecule has 4 heterocycles. The second-order valence-corrected chi connectivity index (χ2v) is 6.61. The van der Waals surface area contributed by atoms with Crippen molar-refractivity contribution in [2.24, 2.45) is 5.92 Å². The second-order valence-electron chi connectivity index (χ2n) is 6.61. The molecule has 4 rings (SSSR count). The van der Waals surface area contributed by atoms with Crippen LogP contribution in [0.3, 0.4) is 0 Å². The van der Waals surface area contributed by atoms with Crippen molar-refractivity contribution in [3.63, 3.8) is 0 Å². The summed E-state index contributed by atoms with van der Waals surface area (Å²) < 4.78 is 13.9. The maximum Gasteiger partial charge on any atom is 0.225 e. The molecular weight excluding hydrogens is 311 g/mol. The number of aromatic nitrogens is 4. The molecule has 2 aliphatic heterocycles. The molecule has 2 aliphatic rings. The van der Waals surface area contributed by atoms with E-state index in [1.807, 2.05) is 13.8 Å². The van der Waals surface area contributed by atoms with Crippen molar-refractivity contribution in [1.29, 1.82) is 0 Å². The van der Waals surface area contributed by atoms with Gasteiger partial charge >= 0.3 is 0 Å². The van der Waals surface area contributed by atoms with Crippen LogP contribution in [0.2, 0.25) is 0 Å². The fourth-order valence-corrected chi connectivity index (χ4v) is 3.45. The molecule has 2 unspecified atom stereocenters. The molecule has 7 nitrogen and oxygen atoms in total. The first-order chi connectivity index (χ1) is 11.6. The third kappa shape index (κ3) is 2.33. The molecule has 2 aromatic rings. The lowest BCUT2D eigenvalue weighted by atomic mass is 9.86. The van der Waals surface area contributed by atoms with Crippen LogP contribution < -0.4 is 10.4 Å². The van der Waals surface area contributed by atoms with Gasteiger partial charge in [0.25, 0.3) is 0 Å². The van der Waals surface area contributed by atoms with E-state index in [0.29, 0.717) is 31.3 Å². The minimum atomic E-state index is -0.440. The van der Waals surface area contributed by atoms with Gasteiger partial charge in [-0.1, -0.05) is 13.8 Å². The standard InChI is InChI=1S/C16H19FN6O/c1-10(2)14-12(17)5-20-15(21-14)23-7-11-8-24-22-16(11,9-23)13-6-18-3-4-19-13/h3-6,10-11,22H,7-9H2,1-2H3.